The van der Waals surface area contributed by atoms with Crippen LogP contribution in [0.4, 0.5) is 27.6 Å². The van der Waals surface area contributed by atoms with Crippen molar-refractivity contribution in [2.75, 3.05) is 5.01 Å². The number of halogens is 5. The Morgan fingerprint density at radius 2 is 1.55 bits per heavy atom. The number of carbonyl (C=O) groups is 1. The number of hydrogen-bond donors (Lipinski definition) is 0. The van der Waals surface area contributed by atoms with Gasteiger partial charge in [-0.3, -0.25) is 4.79 Å². The minimum absolute atomic E-state index is 0.0220. The second-order valence-electron chi connectivity index (χ2n) is 8.51. The lowest BCUT2D eigenvalue weighted by Crippen LogP contribution is -2.24. The maximum absolute atomic E-state index is 14.5. The van der Waals surface area contributed by atoms with Gasteiger partial charge in [0.1, 0.15) is 11.5 Å². The third kappa shape index (κ3) is 4.49. The summed E-state index contributed by atoms with van der Waals surface area (Å²) in [4.78, 5) is 13.4. The molecule has 1 aliphatic rings. The van der Waals surface area contributed by atoms with E-state index in [1.54, 1.807) is 10.9 Å². The highest BCUT2D eigenvalue weighted by Gasteiger charge is 2.36. The van der Waals surface area contributed by atoms with Gasteiger partial charge >= 0.3 is 0 Å². The van der Waals surface area contributed by atoms with Crippen LogP contribution in [-0.4, -0.2) is 21.4 Å². The predicted molar refractivity (Wildman–Crippen MR) is 133 cm³/mol. The van der Waals surface area contributed by atoms with E-state index in [9.17, 15) is 26.7 Å². The highest BCUT2D eigenvalue weighted by Crippen LogP contribution is 2.34. The zero-order chi connectivity index (χ0) is 27.0. The summed E-state index contributed by atoms with van der Waals surface area (Å²) < 4.78 is 72.0. The average molecular weight is 522 g/mol. The average Bonchev–Trinajstić information content (AvgIpc) is 3.46. The van der Waals surface area contributed by atoms with Crippen LogP contribution in [0.5, 0.6) is 0 Å². The summed E-state index contributed by atoms with van der Waals surface area (Å²) in [6.45, 7) is 1.81. The Morgan fingerprint density at radius 3 is 2.18 bits per heavy atom. The highest BCUT2D eigenvalue weighted by atomic mass is 19.2. The molecule has 2 heterocycles. The van der Waals surface area contributed by atoms with Crippen molar-refractivity contribution < 1.29 is 26.7 Å². The van der Waals surface area contributed by atoms with Crippen molar-refractivity contribution in [1.82, 2.24) is 9.78 Å². The fraction of sp³-hybridized carbons (Fsp3) is 0.107. The molecule has 0 spiro atoms. The fourth-order valence-corrected chi connectivity index (χ4v) is 4.12. The molecule has 5 rings (SSSR count). The number of nitrogens with zero attached hydrogens (tertiary/aromatic N) is 4. The molecule has 3 aromatic carbocycles. The summed E-state index contributed by atoms with van der Waals surface area (Å²) in [5.74, 6) is -8.18. The van der Waals surface area contributed by atoms with E-state index in [1.165, 1.54) is 30.3 Å². The van der Waals surface area contributed by atoms with Gasteiger partial charge in [0.05, 0.1) is 22.7 Å². The van der Waals surface area contributed by atoms with E-state index >= 15 is 0 Å². The maximum atomic E-state index is 14.5. The number of benzene rings is 3. The van der Waals surface area contributed by atoms with Crippen molar-refractivity contribution in [3.05, 3.63) is 107 Å². The van der Waals surface area contributed by atoms with Gasteiger partial charge in [-0.25, -0.2) is 26.6 Å². The van der Waals surface area contributed by atoms with E-state index in [2.05, 4.69) is 10.2 Å². The van der Waals surface area contributed by atoms with Crippen LogP contribution in [0.1, 0.15) is 25.3 Å². The molecule has 0 fully saturated rings. The minimum Gasteiger partial charge on any atom is -0.267 e. The zero-order valence-corrected chi connectivity index (χ0v) is 19.9. The molecule has 0 saturated carbocycles. The van der Waals surface area contributed by atoms with Crippen LogP contribution in [0.3, 0.4) is 0 Å². The van der Waals surface area contributed by atoms with Crippen LogP contribution in [0.2, 0.25) is 0 Å². The van der Waals surface area contributed by atoms with Crippen LogP contribution >= 0.6 is 0 Å². The number of rotatable bonds is 6. The van der Waals surface area contributed by atoms with E-state index in [1.807, 2.05) is 37.3 Å². The highest BCUT2D eigenvalue weighted by molar-refractivity contribution is 6.33. The first-order chi connectivity index (χ1) is 18.3. The molecule has 0 unspecified atom stereocenters. The van der Waals surface area contributed by atoms with Gasteiger partial charge in [0.25, 0.3) is 5.91 Å². The van der Waals surface area contributed by atoms with E-state index in [4.69, 9.17) is 0 Å². The Balaban J connectivity index is 1.66. The summed E-state index contributed by atoms with van der Waals surface area (Å²) in [5, 5.41) is 8.98. The topological polar surface area (TPSA) is 50.5 Å². The van der Waals surface area contributed by atoms with Crippen LogP contribution < -0.4 is 5.01 Å². The second kappa shape index (κ2) is 10.0. The Kier molecular flexibility index (Phi) is 6.62. The molecule has 1 aliphatic heterocycles. The molecular formula is C28H19F5N4O. The summed E-state index contributed by atoms with van der Waals surface area (Å²) in [6.07, 6.45) is 3.86. The van der Waals surface area contributed by atoms with Crippen molar-refractivity contribution in [2.45, 2.75) is 19.8 Å². The molecule has 0 saturated heterocycles. The number of amides is 1. The van der Waals surface area contributed by atoms with Crippen LogP contribution in [0.25, 0.3) is 23.0 Å². The summed E-state index contributed by atoms with van der Waals surface area (Å²) in [7, 11) is 0. The summed E-state index contributed by atoms with van der Waals surface area (Å²) in [5.41, 5.74) is 1.02. The Morgan fingerprint density at radius 1 is 0.895 bits per heavy atom. The Bertz CT molecular complexity index is 1570. The zero-order valence-electron chi connectivity index (χ0n) is 19.9. The molecule has 5 nitrogen and oxygen atoms in total. The predicted octanol–water partition coefficient (Wildman–Crippen LogP) is 6.82. The van der Waals surface area contributed by atoms with E-state index in [0.29, 0.717) is 33.9 Å². The molecule has 10 heteroatoms. The Hall–Kier alpha value is -4.60. The molecule has 1 amide bonds. The van der Waals surface area contributed by atoms with Crippen molar-refractivity contribution >= 4 is 23.4 Å². The van der Waals surface area contributed by atoms with Crippen molar-refractivity contribution in [3.63, 3.8) is 0 Å². The number of carbonyl (C=O) groups excluding carboxylic acids is 1. The van der Waals surface area contributed by atoms with Crippen molar-refractivity contribution in [3.8, 4) is 16.9 Å². The third-order valence-corrected chi connectivity index (χ3v) is 5.92. The lowest BCUT2D eigenvalue weighted by molar-refractivity contribution is -0.114. The number of para-hydroxylation sites is 1. The monoisotopic (exact) mass is 522 g/mol. The molecule has 0 N–H and O–H groups in total. The quantitative estimate of drug-likeness (QED) is 0.159. The minimum atomic E-state index is -1.73. The van der Waals surface area contributed by atoms with Gasteiger partial charge in [-0.2, -0.15) is 15.2 Å². The van der Waals surface area contributed by atoms with Crippen molar-refractivity contribution in [2.24, 2.45) is 5.10 Å². The normalized spacial score (nSPS) is 14.5. The van der Waals surface area contributed by atoms with Crippen LogP contribution in [0, 0.1) is 29.1 Å². The van der Waals surface area contributed by atoms with E-state index < -0.39 is 40.7 Å². The SMILES string of the molecule is CCCC1=NN(c2c(F)c(F)cc(F)c2F)C(=O)/C1=C\c1cn(-c2ccccc2)nc1-c1ccc(F)cc1. The first-order valence-corrected chi connectivity index (χ1v) is 11.7. The summed E-state index contributed by atoms with van der Waals surface area (Å²) >= 11 is 0. The van der Waals surface area contributed by atoms with Gasteiger partial charge in [0, 0.05) is 23.4 Å². The second-order valence-corrected chi connectivity index (χ2v) is 8.51. The molecule has 38 heavy (non-hydrogen) atoms. The fourth-order valence-electron chi connectivity index (χ4n) is 4.12. The van der Waals surface area contributed by atoms with Crippen LogP contribution in [0.15, 0.2) is 77.5 Å². The lowest BCUT2D eigenvalue weighted by Gasteiger charge is -2.14. The number of hydrogen-bond acceptors (Lipinski definition) is 3. The Labute approximate surface area is 214 Å². The largest absolute Gasteiger partial charge is 0.280 e. The molecule has 4 aromatic rings. The smallest absolute Gasteiger partial charge is 0.267 e. The van der Waals surface area contributed by atoms with Gasteiger partial charge in [-0.05, 0) is 48.9 Å². The van der Waals surface area contributed by atoms with Gasteiger partial charge in [0.2, 0.25) is 0 Å². The maximum Gasteiger partial charge on any atom is 0.280 e. The first-order valence-electron chi connectivity index (χ1n) is 11.7. The summed E-state index contributed by atoms with van der Waals surface area (Å²) in [6, 6.07) is 14.8. The number of aromatic nitrogens is 2. The van der Waals surface area contributed by atoms with Gasteiger partial charge in [0.15, 0.2) is 23.3 Å². The van der Waals surface area contributed by atoms with E-state index in [0.717, 1.165) is 0 Å². The molecule has 192 valence electrons. The molecular weight excluding hydrogens is 503 g/mol. The van der Waals surface area contributed by atoms with Crippen LogP contribution in [-0.2, 0) is 4.79 Å². The molecule has 0 bridgehead atoms. The van der Waals surface area contributed by atoms with E-state index in [-0.39, 0.29) is 23.8 Å². The molecule has 0 atom stereocenters. The van der Waals surface area contributed by atoms with Gasteiger partial charge < -0.3 is 0 Å². The molecule has 1 aromatic heterocycles. The lowest BCUT2D eigenvalue weighted by atomic mass is 10.0. The third-order valence-electron chi connectivity index (χ3n) is 5.92. The van der Waals surface area contributed by atoms with Gasteiger partial charge in [-0.1, -0.05) is 31.5 Å². The molecule has 0 radical (unpaired) electrons. The standard InChI is InChI=1S/C28H19F5N4O/c1-2-6-23-20(28(38)37(34-23)27-24(32)21(30)14-22(31)25(27)33)13-17-15-36(19-7-4-3-5-8-19)35-26(17)16-9-11-18(29)12-10-16/h3-5,7-15H,2,6H2,1H3/b20-13-. The molecule has 0 aliphatic carbocycles. The number of anilines is 1. The first kappa shape index (κ1) is 25.1. The van der Waals surface area contributed by atoms with Crippen molar-refractivity contribution in [1.29, 1.82) is 0 Å². The van der Waals surface area contributed by atoms with Gasteiger partial charge in [-0.15, -0.1) is 0 Å². The number of hydrazone groups is 1.